The summed E-state index contributed by atoms with van der Waals surface area (Å²) in [5.41, 5.74) is 0.874. The van der Waals surface area contributed by atoms with E-state index < -0.39 is 0 Å². The number of pyridine rings is 1. The molecule has 0 aromatic carbocycles. The van der Waals surface area contributed by atoms with Crippen LogP contribution in [0.25, 0.3) is 5.65 Å². The van der Waals surface area contributed by atoms with E-state index in [-0.39, 0.29) is 0 Å². The number of rotatable bonds is 4. The van der Waals surface area contributed by atoms with Crippen LogP contribution >= 0.6 is 11.3 Å². The SMILES string of the molecule is c1ccn2c(CNCc3nccs3)nnc2c1. The van der Waals surface area contributed by atoms with E-state index >= 15 is 0 Å². The summed E-state index contributed by atoms with van der Waals surface area (Å²) in [7, 11) is 0. The van der Waals surface area contributed by atoms with Gasteiger partial charge in [-0.05, 0) is 12.1 Å². The van der Waals surface area contributed by atoms with E-state index in [1.54, 1.807) is 11.3 Å². The fourth-order valence-electron chi connectivity index (χ4n) is 1.63. The van der Waals surface area contributed by atoms with Crippen LogP contribution < -0.4 is 5.32 Å². The predicted octanol–water partition coefficient (Wildman–Crippen LogP) is 1.48. The molecule has 0 saturated heterocycles. The normalized spacial score (nSPS) is 11.1. The van der Waals surface area contributed by atoms with Crippen molar-refractivity contribution in [2.45, 2.75) is 13.1 Å². The molecule has 0 atom stereocenters. The van der Waals surface area contributed by atoms with Crippen LogP contribution in [0, 0.1) is 0 Å². The molecule has 17 heavy (non-hydrogen) atoms. The number of nitrogens with zero attached hydrogens (tertiary/aromatic N) is 4. The second-order valence-corrected chi connectivity index (χ2v) is 4.55. The highest BCUT2D eigenvalue weighted by molar-refractivity contribution is 7.09. The van der Waals surface area contributed by atoms with Crippen molar-refractivity contribution >= 4 is 17.0 Å². The molecule has 0 aliphatic rings. The van der Waals surface area contributed by atoms with Gasteiger partial charge < -0.3 is 5.32 Å². The summed E-state index contributed by atoms with van der Waals surface area (Å²) in [5, 5.41) is 14.6. The van der Waals surface area contributed by atoms with Gasteiger partial charge in [0.1, 0.15) is 5.01 Å². The zero-order valence-electron chi connectivity index (χ0n) is 9.08. The third kappa shape index (κ3) is 2.17. The molecule has 6 heteroatoms. The van der Waals surface area contributed by atoms with Gasteiger partial charge in [-0.2, -0.15) is 0 Å². The minimum absolute atomic E-state index is 0.685. The van der Waals surface area contributed by atoms with Crippen LogP contribution in [0.5, 0.6) is 0 Å². The van der Waals surface area contributed by atoms with Gasteiger partial charge in [0.25, 0.3) is 0 Å². The fraction of sp³-hybridized carbons (Fsp3) is 0.182. The van der Waals surface area contributed by atoms with Crippen LogP contribution in [0.3, 0.4) is 0 Å². The van der Waals surface area contributed by atoms with Crippen molar-refractivity contribution in [2.24, 2.45) is 0 Å². The number of nitrogens with one attached hydrogen (secondary N) is 1. The molecule has 0 spiro atoms. The van der Waals surface area contributed by atoms with Gasteiger partial charge >= 0.3 is 0 Å². The summed E-state index contributed by atoms with van der Waals surface area (Å²) < 4.78 is 1.98. The summed E-state index contributed by atoms with van der Waals surface area (Å²) in [6.07, 6.45) is 3.78. The van der Waals surface area contributed by atoms with E-state index in [2.05, 4.69) is 20.5 Å². The molecule has 3 rings (SSSR count). The van der Waals surface area contributed by atoms with Crippen molar-refractivity contribution in [3.8, 4) is 0 Å². The molecule has 0 aliphatic carbocycles. The van der Waals surface area contributed by atoms with E-state index in [0.717, 1.165) is 23.0 Å². The highest BCUT2D eigenvalue weighted by Gasteiger charge is 2.03. The summed E-state index contributed by atoms with van der Waals surface area (Å²) in [5.74, 6) is 0.914. The van der Waals surface area contributed by atoms with Crippen molar-refractivity contribution in [3.05, 3.63) is 46.8 Å². The summed E-state index contributed by atoms with van der Waals surface area (Å²) in [6.45, 7) is 1.45. The number of fused-ring (bicyclic) bond motifs is 1. The molecule has 0 radical (unpaired) electrons. The molecule has 1 N–H and O–H groups in total. The lowest BCUT2D eigenvalue weighted by molar-refractivity contribution is 0.654. The maximum Gasteiger partial charge on any atom is 0.160 e. The Hall–Kier alpha value is -1.79. The average Bonchev–Trinajstić information content (AvgIpc) is 2.99. The summed E-state index contributed by atoms with van der Waals surface area (Å²) in [4.78, 5) is 4.21. The zero-order chi connectivity index (χ0) is 11.5. The van der Waals surface area contributed by atoms with E-state index in [9.17, 15) is 0 Å². The van der Waals surface area contributed by atoms with E-state index in [1.807, 2.05) is 40.4 Å². The van der Waals surface area contributed by atoms with Crippen LogP contribution in [0.1, 0.15) is 10.8 Å². The lowest BCUT2D eigenvalue weighted by atomic mass is 10.4. The van der Waals surface area contributed by atoms with E-state index in [0.29, 0.717) is 6.54 Å². The molecular weight excluding hydrogens is 234 g/mol. The van der Waals surface area contributed by atoms with Crippen LogP contribution in [0.4, 0.5) is 0 Å². The second kappa shape index (κ2) is 4.60. The van der Waals surface area contributed by atoms with Gasteiger partial charge in [-0.1, -0.05) is 6.07 Å². The Morgan fingerprint density at radius 1 is 1.24 bits per heavy atom. The summed E-state index contributed by atoms with van der Waals surface area (Å²) in [6, 6.07) is 5.87. The Labute approximate surface area is 102 Å². The predicted molar refractivity (Wildman–Crippen MR) is 65.6 cm³/mol. The highest BCUT2D eigenvalue weighted by atomic mass is 32.1. The smallest absolute Gasteiger partial charge is 0.160 e. The van der Waals surface area contributed by atoms with Crippen molar-refractivity contribution in [2.75, 3.05) is 0 Å². The topological polar surface area (TPSA) is 55.1 Å². The van der Waals surface area contributed by atoms with Gasteiger partial charge in [0.2, 0.25) is 0 Å². The number of hydrogen-bond acceptors (Lipinski definition) is 5. The first-order valence-electron chi connectivity index (χ1n) is 5.31. The van der Waals surface area contributed by atoms with Gasteiger partial charge in [0, 0.05) is 24.3 Å². The first-order valence-corrected chi connectivity index (χ1v) is 6.19. The second-order valence-electron chi connectivity index (χ2n) is 3.57. The molecule has 86 valence electrons. The molecule has 5 nitrogen and oxygen atoms in total. The van der Waals surface area contributed by atoms with Gasteiger partial charge in [-0.25, -0.2) is 4.98 Å². The van der Waals surface area contributed by atoms with Crippen molar-refractivity contribution in [1.82, 2.24) is 24.9 Å². The van der Waals surface area contributed by atoms with Crippen LogP contribution in [0.2, 0.25) is 0 Å². The lowest BCUT2D eigenvalue weighted by Crippen LogP contribution is -2.14. The maximum absolute atomic E-state index is 4.21. The Morgan fingerprint density at radius 3 is 3.12 bits per heavy atom. The number of thiazole rings is 1. The quantitative estimate of drug-likeness (QED) is 0.756. The molecule has 0 bridgehead atoms. The third-order valence-electron chi connectivity index (χ3n) is 2.43. The minimum Gasteiger partial charge on any atom is -0.303 e. The lowest BCUT2D eigenvalue weighted by Gasteiger charge is -2.00. The van der Waals surface area contributed by atoms with Gasteiger partial charge in [-0.3, -0.25) is 4.40 Å². The van der Waals surface area contributed by atoms with E-state index in [1.165, 1.54) is 0 Å². The first-order chi connectivity index (χ1) is 8.43. The fourth-order valence-corrected chi connectivity index (χ4v) is 2.22. The molecule has 0 amide bonds. The Bertz CT molecular complexity index is 601. The number of aromatic nitrogens is 4. The van der Waals surface area contributed by atoms with Crippen molar-refractivity contribution < 1.29 is 0 Å². The van der Waals surface area contributed by atoms with E-state index in [4.69, 9.17) is 0 Å². The largest absolute Gasteiger partial charge is 0.303 e. The van der Waals surface area contributed by atoms with Gasteiger partial charge in [0.15, 0.2) is 11.5 Å². The molecule has 3 heterocycles. The standard InChI is InChI=1S/C11H11N5S/c1-2-5-16-9(3-1)14-15-10(16)7-12-8-11-13-4-6-17-11/h1-6,12H,7-8H2. The molecule has 0 unspecified atom stereocenters. The molecular formula is C11H11N5S. The van der Waals surface area contributed by atoms with Crippen molar-refractivity contribution in [1.29, 1.82) is 0 Å². The Kier molecular flexibility index (Phi) is 2.81. The third-order valence-corrected chi connectivity index (χ3v) is 3.21. The maximum atomic E-state index is 4.21. The average molecular weight is 245 g/mol. The van der Waals surface area contributed by atoms with Gasteiger partial charge in [0.05, 0.1) is 6.54 Å². The minimum atomic E-state index is 0.685. The molecule has 3 aromatic heterocycles. The molecule has 0 saturated carbocycles. The van der Waals surface area contributed by atoms with Crippen LogP contribution in [-0.4, -0.2) is 19.6 Å². The Morgan fingerprint density at radius 2 is 2.24 bits per heavy atom. The molecule has 3 aromatic rings. The zero-order valence-corrected chi connectivity index (χ0v) is 9.89. The molecule has 0 aliphatic heterocycles. The molecule has 0 fully saturated rings. The first kappa shape index (κ1) is 10.4. The van der Waals surface area contributed by atoms with Crippen LogP contribution in [-0.2, 0) is 13.1 Å². The van der Waals surface area contributed by atoms with Crippen LogP contribution in [0.15, 0.2) is 36.0 Å². The number of hydrogen-bond donors (Lipinski definition) is 1. The Balaban J connectivity index is 1.69. The summed E-state index contributed by atoms with van der Waals surface area (Å²) >= 11 is 1.65. The highest BCUT2D eigenvalue weighted by Crippen LogP contribution is 2.05. The van der Waals surface area contributed by atoms with Crippen molar-refractivity contribution in [3.63, 3.8) is 0 Å². The van der Waals surface area contributed by atoms with Gasteiger partial charge in [-0.15, -0.1) is 21.5 Å². The monoisotopic (exact) mass is 245 g/mol.